The summed E-state index contributed by atoms with van der Waals surface area (Å²) >= 11 is 0. The zero-order valence-corrected chi connectivity index (χ0v) is 9.05. The maximum atomic E-state index is 5.05. The number of hydrogen-bond donors (Lipinski definition) is 1. The van der Waals surface area contributed by atoms with Crippen LogP contribution < -0.4 is 10.1 Å². The van der Waals surface area contributed by atoms with Crippen LogP contribution in [-0.4, -0.2) is 17.1 Å². The Morgan fingerprint density at radius 1 is 1.19 bits per heavy atom. The molecule has 82 valence electrons. The molecule has 2 aromatic rings. The number of rotatable bonds is 4. The Bertz CT molecular complexity index is 445. The van der Waals surface area contributed by atoms with Crippen LogP contribution in [0.1, 0.15) is 5.69 Å². The first-order chi connectivity index (χ1) is 7.88. The van der Waals surface area contributed by atoms with Gasteiger partial charge in [0.15, 0.2) is 0 Å². The van der Waals surface area contributed by atoms with E-state index in [9.17, 15) is 0 Å². The minimum Gasteiger partial charge on any atom is -0.481 e. The lowest BCUT2D eigenvalue weighted by Crippen LogP contribution is -2.03. The smallest absolute Gasteiger partial charge is 0.213 e. The molecule has 0 fully saturated rings. The van der Waals surface area contributed by atoms with Gasteiger partial charge in [-0.1, -0.05) is 12.1 Å². The van der Waals surface area contributed by atoms with Gasteiger partial charge in [0.2, 0.25) is 5.88 Å². The molecule has 0 radical (unpaired) electrons. The summed E-state index contributed by atoms with van der Waals surface area (Å²) in [5.74, 6) is 1.47. The molecule has 2 rings (SSSR count). The third-order valence-corrected chi connectivity index (χ3v) is 2.11. The molecular weight excluding hydrogens is 202 g/mol. The van der Waals surface area contributed by atoms with Gasteiger partial charge in [-0.05, 0) is 18.2 Å². The number of ether oxygens (including phenoxy) is 1. The fourth-order valence-electron chi connectivity index (χ4n) is 1.32. The van der Waals surface area contributed by atoms with Crippen LogP contribution in [0.2, 0.25) is 0 Å². The van der Waals surface area contributed by atoms with E-state index in [4.69, 9.17) is 4.74 Å². The van der Waals surface area contributed by atoms with E-state index in [1.807, 2.05) is 36.4 Å². The van der Waals surface area contributed by atoms with Crippen molar-refractivity contribution >= 4 is 5.82 Å². The molecule has 4 nitrogen and oxygen atoms in total. The normalized spacial score (nSPS) is 9.81. The van der Waals surface area contributed by atoms with E-state index in [-0.39, 0.29) is 0 Å². The van der Waals surface area contributed by atoms with Crippen LogP contribution in [0.25, 0.3) is 0 Å². The molecule has 0 amide bonds. The Morgan fingerprint density at radius 3 is 2.88 bits per heavy atom. The highest BCUT2D eigenvalue weighted by atomic mass is 16.5. The van der Waals surface area contributed by atoms with Crippen LogP contribution in [0.4, 0.5) is 5.82 Å². The predicted molar refractivity (Wildman–Crippen MR) is 62.4 cm³/mol. The van der Waals surface area contributed by atoms with Crippen molar-refractivity contribution in [1.29, 1.82) is 0 Å². The second-order valence-corrected chi connectivity index (χ2v) is 3.24. The average Bonchev–Trinajstić information content (AvgIpc) is 2.38. The molecule has 0 saturated carbocycles. The van der Waals surface area contributed by atoms with E-state index >= 15 is 0 Å². The molecule has 2 heterocycles. The first-order valence-corrected chi connectivity index (χ1v) is 5.03. The minimum atomic E-state index is 0.625. The van der Waals surface area contributed by atoms with Crippen LogP contribution in [-0.2, 0) is 6.54 Å². The number of nitrogens with one attached hydrogen (secondary N) is 1. The van der Waals surface area contributed by atoms with Gasteiger partial charge in [-0.2, -0.15) is 0 Å². The lowest BCUT2D eigenvalue weighted by molar-refractivity contribution is 0.396. The molecule has 0 aliphatic rings. The van der Waals surface area contributed by atoms with E-state index in [1.54, 1.807) is 13.3 Å². The summed E-state index contributed by atoms with van der Waals surface area (Å²) in [7, 11) is 1.61. The van der Waals surface area contributed by atoms with Gasteiger partial charge in [0.25, 0.3) is 0 Å². The molecule has 0 bridgehead atoms. The molecule has 0 unspecified atom stereocenters. The molecule has 0 saturated heterocycles. The second kappa shape index (κ2) is 5.11. The zero-order chi connectivity index (χ0) is 11.2. The van der Waals surface area contributed by atoms with Crippen LogP contribution in [0.5, 0.6) is 5.88 Å². The average molecular weight is 215 g/mol. The molecule has 0 aliphatic carbocycles. The van der Waals surface area contributed by atoms with Crippen molar-refractivity contribution in [2.24, 2.45) is 0 Å². The summed E-state index contributed by atoms with van der Waals surface area (Å²) in [4.78, 5) is 8.46. The minimum absolute atomic E-state index is 0.625. The highest BCUT2D eigenvalue weighted by Gasteiger charge is 1.97. The fraction of sp³-hybridized carbons (Fsp3) is 0.167. The molecule has 0 spiro atoms. The van der Waals surface area contributed by atoms with Gasteiger partial charge in [-0.15, -0.1) is 0 Å². The summed E-state index contributed by atoms with van der Waals surface area (Å²) in [6.07, 6.45) is 1.75. The predicted octanol–water partition coefficient (Wildman–Crippen LogP) is 2.10. The summed E-state index contributed by atoms with van der Waals surface area (Å²) < 4.78 is 5.05. The lowest BCUT2D eigenvalue weighted by Gasteiger charge is -2.05. The summed E-state index contributed by atoms with van der Waals surface area (Å²) in [5, 5.41) is 3.18. The van der Waals surface area contributed by atoms with Crippen molar-refractivity contribution in [2.45, 2.75) is 6.54 Å². The summed E-state index contributed by atoms with van der Waals surface area (Å²) in [6, 6.07) is 11.4. The van der Waals surface area contributed by atoms with Crippen molar-refractivity contribution in [1.82, 2.24) is 9.97 Å². The quantitative estimate of drug-likeness (QED) is 0.848. The van der Waals surface area contributed by atoms with E-state index in [0.29, 0.717) is 12.4 Å². The van der Waals surface area contributed by atoms with Crippen molar-refractivity contribution in [3.8, 4) is 5.88 Å². The fourth-order valence-corrected chi connectivity index (χ4v) is 1.32. The Labute approximate surface area is 94.3 Å². The number of aromatic nitrogens is 2. The van der Waals surface area contributed by atoms with E-state index < -0.39 is 0 Å². The topological polar surface area (TPSA) is 47.0 Å². The van der Waals surface area contributed by atoms with Crippen LogP contribution in [0.15, 0.2) is 42.6 Å². The molecule has 0 aromatic carbocycles. The van der Waals surface area contributed by atoms with Crippen molar-refractivity contribution < 1.29 is 4.74 Å². The maximum absolute atomic E-state index is 5.05. The molecule has 16 heavy (non-hydrogen) atoms. The molecule has 0 aliphatic heterocycles. The third kappa shape index (κ3) is 2.70. The van der Waals surface area contributed by atoms with Crippen LogP contribution >= 0.6 is 0 Å². The van der Waals surface area contributed by atoms with E-state index in [0.717, 1.165) is 11.5 Å². The first kappa shape index (κ1) is 10.4. The molecule has 4 heteroatoms. The van der Waals surface area contributed by atoms with Crippen molar-refractivity contribution in [3.05, 3.63) is 48.3 Å². The third-order valence-electron chi connectivity index (χ3n) is 2.11. The Balaban J connectivity index is 1.99. The number of pyridine rings is 2. The van der Waals surface area contributed by atoms with Gasteiger partial charge in [0.05, 0.1) is 19.3 Å². The monoisotopic (exact) mass is 215 g/mol. The van der Waals surface area contributed by atoms with E-state index in [2.05, 4.69) is 15.3 Å². The number of methoxy groups -OCH3 is 1. The number of hydrogen-bond acceptors (Lipinski definition) is 4. The van der Waals surface area contributed by atoms with Crippen LogP contribution in [0.3, 0.4) is 0 Å². The van der Waals surface area contributed by atoms with Gasteiger partial charge in [-0.3, -0.25) is 0 Å². The van der Waals surface area contributed by atoms with E-state index in [1.165, 1.54) is 0 Å². The molecular formula is C12H13N3O. The van der Waals surface area contributed by atoms with Crippen molar-refractivity contribution in [2.75, 3.05) is 12.4 Å². The standard InChI is InChI=1S/C12H13N3O/c1-16-12-7-4-5-10(15-12)9-14-11-6-2-3-8-13-11/h2-8H,9H2,1H3,(H,13,14). The molecule has 1 N–H and O–H groups in total. The Hall–Kier alpha value is -2.10. The summed E-state index contributed by atoms with van der Waals surface area (Å²) in [6.45, 7) is 0.633. The van der Waals surface area contributed by atoms with Gasteiger partial charge in [0.1, 0.15) is 5.82 Å². The SMILES string of the molecule is COc1cccc(CNc2ccccn2)n1. The molecule has 0 atom stereocenters. The van der Waals surface area contributed by atoms with Gasteiger partial charge in [-0.25, -0.2) is 9.97 Å². The maximum Gasteiger partial charge on any atom is 0.213 e. The largest absolute Gasteiger partial charge is 0.481 e. The number of nitrogens with zero attached hydrogens (tertiary/aromatic N) is 2. The molecule has 2 aromatic heterocycles. The highest BCUT2D eigenvalue weighted by molar-refractivity contribution is 5.34. The summed E-state index contributed by atoms with van der Waals surface area (Å²) in [5.41, 5.74) is 0.921. The Kier molecular flexibility index (Phi) is 3.33. The van der Waals surface area contributed by atoms with Gasteiger partial charge in [0, 0.05) is 12.3 Å². The van der Waals surface area contributed by atoms with Crippen molar-refractivity contribution in [3.63, 3.8) is 0 Å². The van der Waals surface area contributed by atoms with Gasteiger partial charge < -0.3 is 10.1 Å². The first-order valence-electron chi connectivity index (χ1n) is 5.03. The zero-order valence-electron chi connectivity index (χ0n) is 9.05. The highest BCUT2D eigenvalue weighted by Crippen LogP contribution is 2.08. The number of anilines is 1. The Morgan fingerprint density at radius 2 is 2.12 bits per heavy atom. The van der Waals surface area contributed by atoms with Crippen LogP contribution in [0, 0.1) is 0 Å². The second-order valence-electron chi connectivity index (χ2n) is 3.24. The van der Waals surface area contributed by atoms with Gasteiger partial charge >= 0.3 is 0 Å². The lowest BCUT2D eigenvalue weighted by atomic mass is 10.3.